The van der Waals surface area contributed by atoms with Crippen LogP contribution < -0.4 is 4.90 Å². The van der Waals surface area contributed by atoms with Gasteiger partial charge in [-0.2, -0.15) is 0 Å². The summed E-state index contributed by atoms with van der Waals surface area (Å²) < 4.78 is 23.6. The molecule has 0 radical (unpaired) electrons. The highest BCUT2D eigenvalue weighted by Gasteiger charge is 2.44. The van der Waals surface area contributed by atoms with Crippen molar-refractivity contribution in [2.24, 2.45) is 5.41 Å². The van der Waals surface area contributed by atoms with Crippen LogP contribution in [0.4, 0.5) is 5.82 Å². The predicted molar refractivity (Wildman–Crippen MR) is 74.5 cm³/mol. The highest BCUT2D eigenvalue weighted by Crippen LogP contribution is 2.37. The fourth-order valence-corrected chi connectivity index (χ4v) is 3.42. The lowest BCUT2D eigenvalue weighted by Gasteiger charge is -2.24. The van der Waals surface area contributed by atoms with Crippen LogP contribution in [-0.4, -0.2) is 43.8 Å². The lowest BCUT2D eigenvalue weighted by Crippen LogP contribution is -2.34. The maximum atomic E-state index is 11.8. The molecule has 20 heavy (non-hydrogen) atoms. The molecule has 0 amide bonds. The second-order valence-corrected chi connectivity index (χ2v) is 7.19. The SMILES string of the molecule is CCC1(C(=O)O)CCN(c2ncccc2S(C)(=O)=O)C1. The number of rotatable bonds is 4. The molecule has 1 atom stereocenters. The number of sulfone groups is 1. The van der Waals surface area contributed by atoms with Crippen LogP contribution in [0.3, 0.4) is 0 Å². The molecule has 0 spiro atoms. The Labute approximate surface area is 118 Å². The summed E-state index contributed by atoms with van der Waals surface area (Å²) in [6, 6.07) is 3.07. The van der Waals surface area contributed by atoms with Gasteiger partial charge in [0.2, 0.25) is 0 Å². The van der Waals surface area contributed by atoms with Crippen LogP contribution in [0.15, 0.2) is 23.2 Å². The van der Waals surface area contributed by atoms with Gasteiger partial charge in [-0.1, -0.05) is 6.92 Å². The van der Waals surface area contributed by atoms with Crippen LogP contribution in [-0.2, 0) is 14.6 Å². The zero-order valence-electron chi connectivity index (χ0n) is 11.5. The quantitative estimate of drug-likeness (QED) is 0.898. The minimum atomic E-state index is -3.39. The Bertz CT molecular complexity index is 629. The molecule has 6 nitrogen and oxygen atoms in total. The van der Waals surface area contributed by atoms with Crippen molar-refractivity contribution in [3.05, 3.63) is 18.3 Å². The second kappa shape index (κ2) is 5.05. The maximum Gasteiger partial charge on any atom is 0.311 e. The van der Waals surface area contributed by atoms with Gasteiger partial charge in [0.05, 0.1) is 5.41 Å². The van der Waals surface area contributed by atoms with Crippen molar-refractivity contribution in [3.8, 4) is 0 Å². The van der Waals surface area contributed by atoms with Gasteiger partial charge in [0.1, 0.15) is 10.7 Å². The number of nitrogens with zero attached hydrogens (tertiary/aromatic N) is 2. The summed E-state index contributed by atoms with van der Waals surface area (Å²) in [5.74, 6) is -0.481. The lowest BCUT2D eigenvalue weighted by atomic mass is 9.84. The van der Waals surface area contributed by atoms with Crippen molar-refractivity contribution < 1.29 is 18.3 Å². The second-order valence-electron chi connectivity index (χ2n) is 5.21. The number of aliphatic carboxylic acids is 1. The normalized spacial score (nSPS) is 23.0. The zero-order valence-corrected chi connectivity index (χ0v) is 12.4. The van der Waals surface area contributed by atoms with E-state index in [0.717, 1.165) is 6.26 Å². The standard InChI is InChI=1S/C13H18N2O4S/c1-3-13(12(16)17)6-8-15(9-13)11-10(20(2,18)19)5-4-7-14-11/h4-5,7H,3,6,8-9H2,1-2H3,(H,16,17). The van der Waals surface area contributed by atoms with Crippen LogP contribution in [0.25, 0.3) is 0 Å². The largest absolute Gasteiger partial charge is 0.481 e. The van der Waals surface area contributed by atoms with Crippen LogP contribution in [0.1, 0.15) is 19.8 Å². The van der Waals surface area contributed by atoms with Gasteiger partial charge in [-0.15, -0.1) is 0 Å². The van der Waals surface area contributed by atoms with Crippen molar-refractivity contribution in [1.82, 2.24) is 4.98 Å². The minimum absolute atomic E-state index is 0.150. The molecule has 1 fully saturated rings. The highest BCUT2D eigenvalue weighted by molar-refractivity contribution is 7.90. The van der Waals surface area contributed by atoms with E-state index in [-0.39, 0.29) is 4.90 Å². The van der Waals surface area contributed by atoms with Crippen molar-refractivity contribution in [2.45, 2.75) is 24.7 Å². The topological polar surface area (TPSA) is 87.6 Å². The Balaban J connectivity index is 2.39. The molecule has 0 bridgehead atoms. The fourth-order valence-electron chi connectivity index (χ4n) is 2.58. The molecule has 2 heterocycles. The van der Waals surface area contributed by atoms with Crippen molar-refractivity contribution in [1.29, 1.82) is 0 Å². The van der Waals surface area contributed by atoms with Crippen LogP contribution >= 0.6 is 0 Å². The molecule has 110 valence electrons. The van der Waals surface area contributed by atoms with Gasteiger partial charge in [-0.3, -0.25) is 4.79 Å². The summed E-state index contributed by atoms with van der Waals surface area (Å²) in [7, 11) is -3.39. The van der Waals surface area contributed by atoms with Gasteiger partial charge >= 0.3 is 5.97 Å². The first kappa shape index (κ1) is 14.8. The molecule has 2 rings (SSSR count). The Morgan fingerprint density at radius 2 is 2.25 bits per heavy atom. The monoisotopic (exact) mass is 298 g/mol. The van der Waals surface area contributed by atoms with Gasteiger partial charge in [0.15, 0.2) is 9.84 Å². The molecule has 1 aromatic heterocycles. The molecule has 1 N–H and O–H groups in total. The number of carbonyl (C=O) groups is 1. The third-order valence-corrected chi connectivity index (χ3v) is 5.05. The number of hydrogen-bond donors (Lipinski definition) is 1. The molecule has 1 aliphatic heterocycles. The van der Waals surface area contributed by atoms with Crippen LogP contribution in [0.5, 0.6) is 0 Å². The van der Waals surface area contributed by atoms with Crippen molar-refractivity contribution in [2.75, 3.05) is 24.2 Å². The van der Waals surface area contributed by atoms with Gasteiger partial charge in [-0.25, -0.2) is 13.4 Å². The Morgan fingerprint density at radius 3 is 2.75 bits per heavy atom. The molecule has 1 unspecified atom stereocenters. The van der Waals surface area contributed by atoms with E-state index >= 15 is 0 Å². The number of carboxylic acid groups (broad SMARTS) is 1. The summed E-state index contributed by atoms with van der Waals surface area (Å²) in [6.07, 6.45) is 3.67. The molecular weight excluding hydrogens is 280 g/mol. The molecule has 7 heteroatoms. The number of aromatic nitrogens is 1. The number of hydrogen-bond acceptors (Lipinski definition) is 5. The Hall–Kier alpha value is -1.63. The fraction of sp³-hybridized carbons (Fsp3) is 0.538. The zero-order chi connectivity index (χ0) is 15.0. The van der Waals surface area contributed by atoms with Crippen LogP contribution in [0.2, 0.25) is 0 Å². The van der Waals surface area contributed by atoms with Gasteiger partial charge in [0, 0.05) is 25.5 Å². The molecule has 0 aliphatic carbocycles. The summed E-state index contributed by atoms with van der Waals surface area (Å²) in [4.78, 5) is 17.5. The Kier molecular flexibility index (Phi) is 3.73. The summed E-state index contributed by atoms with van der Waals surface area (Å²) in [6.45, 7) is 2.63. The lowest BCUT2D eigenvalue weighted by molar-refractivity contribution is -0.147. The third kappa shape index (κ3) is 2.49. The van der Waals surface area contributed by atoms with Crippen molar-refractivity contribution >= 4 is 21.6 Å². The van der Waals surface area contributed by atoms with E-state index in [1.807, 2.05) is 6.92 Å². The van der Waals surface area contributed by atoms with E-state index < -0.39 is 21.2 Å². The highest BCUT2D eigenvalue weighted by atomic mass is 32.2. The first-order valence-electron chi connectivity index (χ1n) is 6.43. The third-order valence-electron chi connectivity index (χ3n) is 3.93. The minimum Gasteiger partial charge on any atom is -0.481 e. The average molecular weight is 298 g/mol. The van der Waals surface area contributed by atoms with E-state index in [2.05, 4.69) is 4.98 Å². The first-order chi connectivity index (χ1) is 9.30. The average Bonchev–Trinajstić information content (AvgIpc) is 2.83. The maximum absolute atomic E-state index is 11.8. The summed E-state index contributed by atoms with van der Waals surface area (Å²) in [5.41, 5.74) is -0.813. The Morgan fingerprint density at radius 1 is 1.55 bits per heavy atom. The summed E-state index contributed by atoms with van der Waals surface area (Å²) >= 11 is 0. The molecule has 1 saturated heterocycles. The van der Waals surface area contributed by atoms with Crippen LogP contribution in [0, 0.1) is 5.41 Å². The number of pyridine rings is 1. The molecule has 1 aromatic rings. The predicted octanol–water partition coefficient (Wildman–Crippen LogP) is 1.18. The van der Waals surface area contributed by atoms with Crippen molar-refractivity contribution in [3.63, 3.8) is 0 Å². The molecule has 0 aromatic carbocycles. The van der Waals surface area contributed by atoms with E-state index in [0.29, 0.717) is 31.7 Å². The van der Waals surface area contributed by atoms with Gasteiger partial charge in [-0.05, 0) is 25.0 Å². The van der Waals surface area contributed by atoms with E-state index in [4.69, 9.17) is 0 Å². The van der Waals surface area contributed by atoms with E-state index in [9.17, 15) is 18.3 Å². The van der Waals surface area contributed by atoms with E-state index in [1.165, 1.54) is 12.3 Å². The van der Waals surface area contributed by atoms with Gasteiger partial charge < -0.3 is 10.0 Å². The molecular formula is C13H18N2O4S. The molecule has 0 saturated carbocycles. The number of anilines is 1. The van der Waals surface area contributed by atoms with E-state index in [1.54, 1.807) is 11.0 Å². The number of carboxylic acids is 1. The first-order valence-corrected chi connectivity index (χ1v) is 8.33. The van der Waals surface area contributed by atoms with Gasteiger partial charge in [0.25, 0.3) is 0 Å². The summed E-state index contributed by atoms with van der Waals surface area (Å²) in [5, 5.41) is 9.39. The smallest absolute Gasteiger partial charge is 0.311 e. The molecule has 1 aliphatic rings.